The molecule has 3 aromatic heterocycles. The van der Waals surface area contributed by atoms with E-state index in [4.69, 9.17) is 4.74 Å². The van der Waals surface area contributed by atoms with E-state index >= 15 is 0 Å². The van der Waals surface area contributed by atoms with Gasteiger partial charge in [-0.25, -0.2) is 4.68 Å². The molecule has 0 aliphatic carbocycles. The maximum absolute atomic E-state index is 12.3. The third-order valence-electron chi connectivity index (χ3n) is 5.90. The van der Waals surface area contributed by atoms with E-state index in [1.165, 1.54) is 0 Å². The van der Waals surface area contributed by atoms with Crippen LogP contribution in [0, 0.1) is 5.92 Å². The Morgan fingerprint density at radius 1 is 1.07 bits per heavy atom. The zero-order valence-corrected chi connectivity index (χ0v) is 16.8. The number of ether oxygens (including phenoxy) is 1. The van der Waals surface area contributed by atoms with Crippen LogP contribution in [0.4, 0.5) is 5.82 Å². The van der Waals surface area contributed by atoms with Crippen LogP contribution in [0.5, 0.6) is 0 Å². The summed E-state index contributed by atoms with van der Waals surface area (Å²) in [4.78, 5) is 18.7. The predicted molar refractivity (Wildman–Crippen MR) is 112 cm³/mol. The average Bonchev–Trinajstić information content (AvgIpc) is 2.81. The van der Waals surface area contributed by atoms with Crippen molar-refractivity contribution in [3.63, 3.8) is 0 Å². The first-order valence-electron chi connectivity index (χ1n) is 10.4. The third-order valence-corrected chi connectivity index (χ3v) is 5.90. The van der Waals surface area contributed by atoms with Crippen LogP contribution in [0.1, 0.15) is 24.1 Å². The van der Waals surface area contributed by atoms with Gasteiger partial charge in [0.25, 0.3) is 5.56 Å². The van der Waals surface area contributed by atoms with Crippen molar-refractivity contribution < 1.29 is 4.74 Å². The molecule has 8 heteroatoms. The lowest BCUT2D eigenvalue weighted by molar-refractivity contribution is 0.108. The fourth-order valence-electron chi connectivity index (χ4n) is 4.13. The molecule has 0 bridgehead atoms. The van der Waals surface area contributed by atoms with Crippen molar-refractivity contribution in [3.05, 3.63) is 64.3 Å². The normalized spacial score (nSPS) is 17.0. The molecule has 154 valence electrons. The molecule has 8 nitrogen and oxygen atoms in total. The van der Waals surface area contributed by atoms with E-state index in [9.17, 15) is 4.79 Å². The van der Waals surface area contributed by atoms with E-state index in [0.29, 0.717) is 19.1 Å². The van der Waals surface area contributed by atoms with E-state index in [-0.39, 0.29) is 5.56 Å². The molecule has 30 heavy (non-hydrogen) atoms. The summed E-state index contributed by atoms with van der Waals surface area (Å²) in [6.45, 7) is 3.78. The molecule has 2 aliphatic rings. The second-order valence-corrected chi connectivity index (χ2v) is 7.88. The summed E-state index contributed by atoms with van der Waals surface area (Å²) in [5, 5.41) is 13.4. The summed E-state index contributed by atoms with van der Waals surface area (Å²) in [5.74, 6) is 1.33. The zero-order valence-electron chi connectivity index (χ0n) is 16.8. The van der Waals surface area contributed by atoms with Gasteiger partial charge in [-0.2, -0.15) is 10.2 Å². The molecule has 0 N–H and O–H groups in total. The molecule has 0 saturated carbocycles. The van der Waals surface area contributed by atoms with Crippen LogP contribution < -0.4 is 10.5 Å². The van der Waals surface area contributed by atoms with E-state index in [1.54, 1.807) is 29.2 Å². The minimum Gasteiger partial charge on any atom is -0.376 e. The highest BCUT2D eigenvalue weighted by Crippen LogP contribution is 2.25. The van der Waals surface area contributed by atoms with Gasteiger partial charge in [0.15, 0.2) is 5.82 Å². The van der Waals surface area contributed by atoms with Gasteiger partial charge in [0.1, 0.15) is 0 Å². The number of piperidine rings is 1. The predicted octanol–water partition coefficient (Wildman–Crippen LogP) is 2.08. The third kappa shape index (κ3) is 3.95. The maximum atomic E-state index is 12.3. The maximum Gasteiger partial charge on any atom is 0.266 e. The molecular formula is C22H24N6O2. The summed E-state index contributed by atoms with van der Waals surface area (Å²) in [5.41, 5.74) is 3.90. The first-order valence-corrected chi connectivity index (χ1v) is 10.4. The fraction of sp³-hybridized carbons (Fsp3) is 0.409. The van der Waals surface area contributed by atoms with Crippen molar-refractivity contribution in [1.82, 2.24) is 25.0 Å². The van der Waals surface area contributed by atoms with E-state index in [0.717, 1.165) is 67.3 Å². The molecule has 1 fully saturated rings. The minimum atomic E-state index is -0.0595. The summed E-state index contributed by atoms with van der Waals surface area (Å²) >= 11 is 0. The minimum absolute atomic E-state index is 0.0595. The van der Waals surface area contributed by atoms with Crippen molar-refractivity contribution in [1.29, 1.82) is 0 Å². The average molecular weight is 404 g/mol. The number of anilines is 1. The Morgan fingerprint density at radius 2 is 1.90 bits per heavy atom. The molecule has 1 saturated heterocycles. The smallest absolute Gasteiger partial charge is 0.266 e. The molecule has 0 unspecified atom stereocenters. The molecule has 5 heterocycles. The first-order chi connectivity index (χ1) is 14.8. The Morgan fingerprint density at radius 3 is 2.73 bits per heavy atom. The van der Waals surface area contributed by atoms with Gasteiger partial charge in [0.05, 0.1) is 24.6 Å². The number of nitrogens with zero attached hydrogens (tertiary/aromatic N) is 6. The van der Waals surface area contributed by atoms with Gasteiger partial charge >= 0.3 is 0 Å². The van der Waals surface area contributed by atoms with Gasteiger partial charge in [0.2, 0.25) is 0 Å². The number of aromatic nitrogens is 5. The van der Waals surface area contributed by atoms with Crippen LogP contribution in [-0.4, -0.2) is 44.7 Å². The van der Waals surface area contributed by atoms with Crippen molar-refractivity contribution in [2.45, 2.75) is 32.4 Å². The summed E-state index contributed by atoms with van der Waals surface area (Å²) < 4.78 is 7.15. The Labute approximate surface area is 174 Å². The van der Waals surface area contributed by atoms with Crippen molar-refractivity contribution in [2.24, 2.45) is 5.92 Å². The van der Waals surface area contributed by atoms with Crippen LogP contribution in [0.3, 0.4) is 0 Å². The number of fused-ring (bicyclic) bond motifs is 1. The Balaban J connectivity index is 1.25. The summed E-state index contributed by atoms with van der Waals surface area (Å²) in [6.07, 6.45) is 6.28. The second kappa shape index (κ2) is 8.31. The highest BCUT2D eigenvalue weighted by Gasteiger charge is 2.23. The molecule has 0 amide bonds. The van der Waals surface area contributed by atoms with E-state index in [2.05, 4.69) is 31.2 Å². The topological polar surface area (TPSA) is 86.0 Å². The SMILES string of the molecule is O=c1ccc(-c2ccncc2)nn1CC1CCN(c2cc3c(nn2)CCOC3)CC1. The van der Waals surface area contributed by atoms with Crippen molar-refractivity contribution in [2.75, 3.05) is 24.6 Å². The van der Waals surface area contributed by atoms with E-state index in [1.807, 2.05) is 12.1 Å². The highest BCUT2D eigenvalue weighted by molar-refractivity contribution is 5.57. The van der Waals surface area contributed by atoms with Crippen LogP contribution in [0.25, 0.3) is 11.3 Å². The van der Waals surface area contributed by atoms with Crippen LogP contribution in [0.15, 0.2) is 47.5 Å². The Hall–Kier alpha value is -3.13. The zero-order chi connectivity index (χ0) is 20.3. The number of hydrogen-bond acceptors (Lipinski definition) is 7. The van der Waals surface area contributed by atoms with Gasteiger partial charge < -0.3 is 9.64 Å². The summed E-state index contributed by atoms with van der Waals surface area (Å²) in [7, 11) is 0. The molecule has 0 atom stereocenters. The molecule has 3 aromatic rings. The molecule has 2 aliphatic heterocycles. The lowest BCUT2D eigenvalue weighted by atomic mass is 9.96. The summed E-state index contributed by atoms with van der Waals surface area (Å²) in [6, 6.07) is 9.30. The Bertz CT molecular complexity index is 1080. The van der Waals surface area contributed by atoms with Gasteiger partial charge in [0, 0.05) is 55.6 Å². The number of rotatable bonds is 4. The lowest BCUT2D eigenvalue weighted by Gasteiger charge is -2.33. The van der Waals surface area contributed by atoms with Crippen LogP contribution >= 0.6 is 0 Å². The first kappa shape index (κ1) is 18.9. The van der Waals surface area contributed by atoms with E-state index < -0.39 is 0 Å². The van der Waals surface area contributed by atoms with Crippen molar-refractivity contribution >= 4 is 5.82 Å². The second-order valence-electron chi connectivity index (χ2n) is 7.88. The molecular weight excluding hydrogens is 380 g/mol. The van der Waals surface area contributed by atoms with Crippen LogP contribution in [0.2, 0.25) is 0 Å². The van der Waals surface area contributed by atoms with Gasteiger partial charge in [-0.05, 0) is 43.0 Å². The Kier molecular flexibility index (Phi) is 5.23. The number of hydrogen-bond donors (Lipinski definition) is 0. The van der Waals surface area contributed by atoms with Gasteiger partial charge in [-0.1, -0.05) is 0 Å². The standard InChI is InChI=1S/C22H24N6O2/c29-22-2-1-20(17-3-8-23-9-4-17)26-28(22)14-16-5-10-27(11-6-16)21-13-18-15-30-12-7-19(18)24-25-21/h1-4,8-9,13,16H,5-7,10-12,14-15H2. The van der Waals surface area contributed by atoms with Gasteiger partial charge in [-0.15, -0.1) is 5.10 Å². The number of pyridine rings is 1. The monoisotopic (exact) mass is 404 g/mol. The van der Waals surface area contributed by atoms with Crippen LogP contribution in [-0.2, 0) is 24.3 Å². The fourth-order valence-corrected chi connectivity index (χ4v) is 4.13. The highest BCUT2D eigenvalue weighted by atomic mass is 16.5. The lowest BCUT2D eigenvalue weighted by Crippen LogP contribution is -2.37. The molecule has 0 spiro atoms. The molecule has 0 radical (unpaired) electrons. The molecule has 5 rings (SSSR count). The molecule has 0 aromatic carbocycles. The largest absolute Gasteiger partial charge is 0.376 e. The van der Waals surface area contributed by atoms with Gasteiger partial charge in [-0.3, -0.25) is 9.78 Å². The van der Waals surface area contributed by atoms with Crippen molar-refractivity contribution in [3.8, 4) is 11.3 Å². The quantitative estimate of drug-likeness (QED) is 0.658.